The molecule has 4 nitrogen and oxygen atoms in total. The normalized spacial score (nSPS) is 10.5. The summed E-state index contributed by atoms with van der Waals surface area (Å²) in [5.41, 5.74) is 0.943. The Bertz CT molecular complexity index is 472. The molecule has 4 heteroatoms. The van der Waals surface area contributed by atoms with Crippen molar-refractivity contribution in [2.24, 2.45) is 0 Å². The number of carbonyl (C=O) groups excluding carboxylic acids is 1. The summed E-state index contributed by atoms with van der Waals surface area (Å²) in [6, 6.07) is 8.96. The van der Waals surface area contributed by atoms with Gasteiger partial charge in [-0.25, -0.2) is 4.79 Å². The number of para-hydroxylation sites is 1. The number of rotatable bonds is 4. The van der Waals surface area contributed by atoms with E-state index in [0.717, 1.165) is 0 Å². The average molecular weight is 231 g/mol. The molecule has 0 radical (unpaired) electrons. The van der Waals surface area contributed by atoms with Gasteiger partial charge in [-0.3, -0.25) is 0 Å². The van der Waals surface area contributed by atoms with Gasteiger partial charge in [0, 0.05) is 5.57 Å². The van der Waals surface area contributed by atoms with Crippen molar-refractivity contribution in [2.75, 3.05) is 13.7 Å². The topological polar surface area (TPSA) is 59.3 Å². The highest BCUT2D eigenvalue weighted by molar-refractivity contribution is 5.87. The molecule has 0 atom stereocenters. The zero-order valence-electron chi connectivity index (χ0n) is 9.77. The van der Waals surface area contributed by atoms with Crippen molar-refractivity contribution >= 4 is 5.97 Å². The number of carbonyl (C=O) groups is 1. The van der Waals surface area contributed by atoms with Gasteiger partial charge in [-0.2, -0.15) is 5.26 Å². The standard InChI is InChI=1S/C13H13NO3/c1-10(13(15)16-2)7-8-17-12-6-4-3-5-11(12)9-14/h3-7H,8H2,1-2H3. The molecule has 0 fully saturated rings. The number of hydrogen-bond donors (Lipinski definition) is 0. The van der Waals surface area contributed by atoms with Crippen molar-refractivity contribution in [3.8, 4) is 11.8 Å². The number of methoxy groups -OCH3 is 1. The van der Waals surface area contributed by atoms with Gasteiger partial charge < -0.3 is 9.47 Å². The van der Waals surface area contributed by atoms with Crippen LogP contribution in [0.4, 0.5) is 0 Å². The molecule has 0 aliphatic heterocycles. The highest BCUT2D eigenvalue weighted by atomic mass is 16.5. The molecule has 0 bridgehead atoms. The first-order chi connectivity index (χ1) is 8.19. The van der Waals surface area contributed by atoms with Crippen LogP contribution >= 0.6 is 0 Å². The summed E-state index contributed by atoms with van der Waals surface area (Å²) < 4.78 is 9.93. The average Bonchev–Trinajstić information content (AvgIpc) is 2.38. The number of nitrogens with zero attached hydrogens (tertiary/aromatic N) is 1. The Morgan fingerprint density at radius 3 is 2.82 bits per heavy atom. The highest BCUT2D eigenvalue weighted by Gasteiger charge is 2.03. The Hall–Kier alpha value is -2.28. The van der Waals surface area contributed by atoms with E-state index < -0.39 is 0 Å². The Balaban J connectivity index is 2.63. The molecule has 1 rings (SSSR count). The minimum absolute atomic E-state index is 0.222. The van der Waals surface area contributed by atoms with E-state index in [1.54, 1.807) is 37.3 Å². The van der Waals surface area contributed by atoms with E-state index >= 15 is 0 Å². The lowest BCUT2D eigenvalue weighted by atomic mass is 10.2. The Labute approximate surface area is 100 Å². The lowest BCUT2D eigenvalue weighted by molar-refractivity contribution is -0.136. The van der Waals surface area contributed by atoms with Crippen LogP contribution in [0.5, 0.6) is 5.75 Å². The third-order valence-corrected chi connectivity index (χ3v) is 2.14. The van der Waals surface area contributed by atoms with Crippen molar-refractivity contribution in [1.29, 1.82) is 5.26 Å². The molecule has 0 aliphatic carbocycles. The van der Waals surface area contributed by atoms with Crippen LogP contribution in [-0.4, -0.2) is 19.7 Å². The van der Waals surface area contributed by atoms with Crippen molar-refractivity contribution in [3.63, 3.8) is 0 Å². The first-order valence-electron chi connectivity index (χ1n) is 5.06. The Morgan fingerprint density at radius 2 is 2.18 bits per heavy atom. The summed E-state index contributed by atoms with van der Waals surface area (Å²) in [7, 11) is 1.32. The van der Waals surface area contributed by atoms with Gasteiger partial charge in [0.1, 0.15) is 18.4 Å². The zero-order valence-corrected chi connectivity index (χ0v) is 9.77. The summed E-state index contributed by atoms with van der Waals surface area (Å²) in [6.07, 6.45) is 1.61. The lowest BCUT2D eigenvalue weighted by Gasteiger charge is -2.05. The second kappa shape index (κ2) is 6.33. The quantitative estimate of drug-likeness (QED) is 0.587. The Morgan fingerprint density at radius 1 is 1.47 bits per heavy atom. The molecule has 0 saturated heterocycles. The molecule has 0 unspecified atom stereocenters. The summed E-state index contributed by atoms with van der Waals surface area (Å²) in [6.45, 7) is 1.87. The van der Waals surface area contributed by atoms with Gasteiger partial charge in [0.2, 0.25) is 0 Å². The van der Waals surface area contributed by atoms with E-state index in [2.05, 4.69) is 4.74 Å². The molecule has 0 heterocycles. The summed E-state index contributed by atoms with van der Waals surface area (Å²) in [5, 5.41) is 8.83. The summed E-state index contributed by atoms with van der Waals surface area (Å²) >= 11 is 0. The summed E-state index contributed by atoms with van der Waals surface area (Å²) in [5.74, 6) is 0.117. The van der Waals surface area contributed by atoms with Crippen molar-refractivity contribution < 1.29 is 14.3 Å². The number of nitriles is 1. The number of esters is 1. The van der Waals surface area contributed by atoms with Gasteiger partial charge in [0.15, 0.2) is 0 Å². The molecular weight excluding hydrogens is 218 g/mol. The second-order valence-electron chi connectivity index (χ2n) is 3.30. The monoisotopic (exact) mass is 231 g/mol. The highest BCUT2D eigenvalue weighted by Crippen LogP contribution is 2.16. The third kappa shape index (κ3) is 3.65. The minimum atomic E-state index is -0.387. The van der Waals surface area contributed by atoms with Crippen LogP contribution in [0.1, 0.15) is 12.5 Å². The van der Waals surface area contributed by atoms with Crippen LogP contribution in [-0.2, 0) is 9.53 Å². The largest absolute Gasteiger partial charge is 0.488 e. The maximum Gasteiger partial charge on any atom is 0.333 e. The first kappa shape index (κ1) is 12.8. The fraction of sp³-hybridized carbons (Fsp3) is 0.231. The lowest BCUT2D eigenvalue weighted by Crippen LogP contribution is -2.04. The molecule has 1 aromatic rings. The van der Waals surface area contributed by atoms with Crippen LogP contribution in [0.25, 0.3) is 0 Å². The fourth-order valence-corrected chi connectivity index (χ4v) is 1.19. The van der Waals surface area contributed by atoms with E-state index in [1.807, 2.05) is 6.07 Å². The molecule has 0 N–H and O–H groups in total. The molecule has 0 spiro atoms. The molecule has 88 valence electrons. The maximum atomic E-state index is 11.1. The van der Waals surface area contributed by atoms with Gasteiger partial charge in [0.25, 0.3) is 0 Å². The van der Waals surface area contributed by atoms with Crippen molar-refractivity contribution in [1.82, 2.24) is 0 Å². The predicted octanol–water partition coefficient (Wildman–Crippen LogP) is 2.06. The van der Waals surface area contributed by atoms with Crippen LogP contribution in [0.15, 0.2) is 35.9 Å². The number of benzene rings is 1. The van der Waals surface area contributed by atoms with Gasteiger partial charge >= 0.3 is 5.97 Å². The SMILES string of the molecule is COC(=O)C(C)=CCOc1ccccc1C#N. The molecule has 17 heavy (non-hydrogen) atoms. The second-order valence-corrected chi connectivity index (χ2v) is 3.30. The number of hydrogen-bond acceptors (Lipinski definition) is 4. The minimum Gasteiger partial charge on any atom is -0.488 e. The Kier molecular flexibility index (Phi) is 4.77. The molecule has 0 aromatic heterocycles. The van der Waals surface area contributed by atoms with Crippen molar-refractivity contribution in [3.05, 3.63) is 41.5 Å². The van der Waals surface area contributed by atoms with Gasteiger partial charge in [-0.1, -0.05) is 12.1 Å². The van der Waals surface area contributed by atoms with E-state index in [-0.39, 0.29) is 12.6 Å². The first-order valence-corrected chi connectivity index (χ1v) is 5.06. The van der Waals surface area contributed by atoms with E-state index in [0.29, 0.717) is 16.9 Å². The van der Waals surface area contributed by atoms with E-state index in [9.17, 15) is 4.79 Å². The summed E-state index contributed by atoms with van der Waals surface area (Å²) in [4.78, 5) is 11.1. The number of ether oxygens (including phenoxy) is 2. The molecular formula is C13H13NO3. The molecule has 0 saturated carbocycles. The maximum absolute atomic E-state index is 11.1. The smallest absolute Gasteiger partial charge is 0.333 e. The molecule has 0 amide bonds. The van der Waals surface area contributed by atoms with Gasteiger partial charge in [-0.15, -0.1) is 0 Å². The predicted molar refractivity (Wildman–Crippen MR) is 62.4 cm³/mol. The van der Waals surface area contributed by atoms with Crippen molar-refractivity contribution in [2.45, 2.75) is 6.92 Å². The van der Waals surface area contributed by atoms with Gasteiger partial charge in [-0.05, 0) is 25.1 Å². The molecule has 0 aliphatic rings. The third-order valence-electron chi connectivity index (χ3n) is 2.14. The van der Waals surface area contributed by atoms with Crippen LogP contribution in [0, 0.1) is 11.3 Å². The van der Waals surface area contributed by atoms with E-state index in [4.69, 9.17) is 10.00 Å². The van der Waals surface area contributed by atoms with Crippen LogP contribution < -0.4 is 4.74 Å². The van der Waals surface area contributed by atoms with Crippen LogP contribution in [0.3, 0.4) is 0 Å². The van der Waals surface area contributed by atoms with Crippen LogP contribution in [0.2, 0.25) is 0 Å². The molecule has 1 aromatic carbocycles. The van der Waals surface area contributed by atoms with E-state index in [1.165, 1.54) is 7.11 Å². The van der Waals surface area contributed by atoms with Gasteiger partial charge in [0.05, 0.1) is 12.7 Å². The zero-order chi connectivity index (χ0) is 12.7. The fourth-order valence-electron chi connectivity index (χ4n) is 1.19.